The van der Waals surface area contributed by atoms with Crippen LogP contribution in [0.1, 0.15) is 32.4 Å². The quantitative estimate of drug-likeness (QED) is 0.232. The Morgan fingerprint density at radius 2 is 1.55 bits per heavy atom. The van der Waals surface area contributed by atoms with Crippen LogP contribution in [-0.2, 0) is 9.47 Å². The second-order valence-corrected chi connectivity index (χ2v) is 7.49. The van der Waals surface area contributed by atoms with Gasteiger partial charge in [-0.05, 0) is 12.1 Å². The zero-order valence-electron chi connectivity index (χ0n) is 17.8. The van der Waals surface area contributed by atoms with Gasteiger partial charge >= 0.3 is 5.97 Å². The number of esters is 1. The van der Waals surface area contributed by atoms with Crippen molar-refractivity contribution in [2.24, 2.45) is 0 Å². The highest BCUT2D eigenvalue weighted by atomic mass is 16.6. The first-order valence-electron chi connectivity index (χ1n) is 10.5. The van der Waals surface area contributed by atoms with Crippen LogP contribution in [-0.4, -0.2) is 43.0 Å². The Bertz CT molecular complexity index is 1140. The maximum atomic E-state index is 13.1. The van der Waals surface area contributed by atoms with E-state index >= 15 is 0 Å². The second kappa shape index (κ2) is 10.1. The zero-order chi connectivity index (χ0) is 23.2. The summed E-state index contributed by atoms with van der Waals surface area (Å²) in [7, 11) is 0. The van der Waals surface area contributed by atoms with E-state index in [0.717, 1.165) is 0 Å². The number of hydrogen-bond acceptors (Lipinski definition) is 7. The third kappa shape index (κ3) is 5.07. The number of nitrogens with zero attached hydrogens (tertiary/aromatic N) is 2. The van der Waals surface area contributed by atoms with E-state index in [0.29, 0.717) is 43.1 Å². The molecule has 3 aromatic carbocycles. The summed E-state index contributed by atoms with van der Waals surface area (Å²) < 4.78 is 10.9. The van der Waals surface area contributed by atoms with E-state index in [1.807, 2.05) is 4.90 Å². The van der Waals surface area contributed by atoms with Crippen LogP contribution in [0.3, 0.4) is 0 Å². The van der Waals surface area contributed by atoms with Gasteiger partial charge in [0.05, 0.1) is 23.7 Å². The van der Waals surface area contributed by atoms with Crippen molar-refractivity contribution in [2.75, 3.05) is 31.2 Å². The predicted molar refractivity (Wildman–Crippen MR) is 121 cm³/mol. The molecule has 0 spiro atoms. The van der Waals surface area contributed by atoms with E-state index in [2.05, 4.69) is 0 Å². The third-order valence-corrected chi connectivity index (χ3v) is 5.38. The molecule has 0 aliphatic carbocycles. The first-order valence-corrected chi connectivity index (χ1v) is 10.5. The molecule has 3 aromatic rings. The van der Waals surface area contributed by atoms with Crippen LogP contribution in [0.25, 0.3) is 0 Å². The molecule has 8 nitrogen and oxygen atoms in total. The molecule has 168 valence electrons. The molecule has 0 amide bonds. The highest BCUT2D eigenvalue weighted by molar-refractivity contribution is 6.02. The lowest BCUT2D eigenvalue weighted by molar-refractivity contribution is -0.384. The molecule has 1 unspecified atom stereocenters. The lowest BCUT2D eigenvalue weighted by atomic mass is 9.99. The van der Waals surface area contributed by atoms with Gasteiger partial charge in [-0.2, -0.15) is 0 Å². The van der Waals surface area contributed by atoms with Gasteiger partial charge in [-0.3, -0.25) is 14.9 Å². The monoisotopic (exact) mass is 446 g/mol. The van der Waals surface area contributed by atoms with Gasteiger partial charge in [-0.1, -0.05) is 60.7 Å². The van der Waals surface area contributed by atoms with Crippen molar-refractivity contribution in [2.45, 2.75) is 6.10 Å². The molecule has 0 radical (unpaired) electrons. The minimum Gasteiger partial charge on any atom is -0.445 e. The first-order chi connectivity index (χ1) is 16.0. The average molecular weight is 446 g/mol. The molecule has 0 saturated carbocycles. The smallest absolute Gasteiger partial charge is 0.339 e. The Hall–Kier alpha value is -4.04. The maximum absolute atomic E-state index is 13.1. The van der Waals surface area contributed by atoms with Gasteiger partial charge < -0.3 is 14.4 Å². The molecule has 1 aliphatic heterocycles. The lowest BCUT2D eigenvalue weighted by Gasteiger charge is -2.28. The summed E-state index contributed by atoms with van der Waals surface area (Å²) in [6.45, 7) is 1.99. The maximum Gasteiger partial charge on any atom is 0.339 e. The van der Waals surface area contributed by atoms with Gasteiger partial charge in [-0.15, -0.1) is 0 Å². The predicted octanol–water partition coefficient (Wildman–Crippen LogP) is 4.21. The van der Waals surface area contributed by atoms with Crippen LogP contribution >= 0.6 is 0 Å². The van der Waals surface area contributed by atoms with Gasteiger partial charge in [0.1, 0.15) is 5.69 Å². The van der Waals surface area contributed by atoms with Crippen molar-refractivity contribution in [3.63, 3.8) is 0 Å². The largest absolute Gasteiger partial charge is 0.445 e. The number of ketones is 1. The van der Waals surface area contributed by atoms with Gasteiger partial charge in [-0.25, -0.2) is 4.79 Å². The minimum absolute atomic E-state index is 0.000465. The summed E-state index contributed by atoms with van der Waals surface area (Å²) in [5.41, 5.74) is 1.13. The van der Waals surface area contributed by atoms with Gasteiger partial charge in [0, 0.05) is 30.3 Å². The van der Waals surface area contributed by atoms with Crippen molar-refractivity contribution in [1.29, 1.82) is 0 Å². The number of rotatable bonds is 7. The Morgan fingerprint density at radius 3 is 2.18 bits per heavy atom. The molecular formula is C25H22N2O6. The van der Waals surface area contributed by atoms with E-state index in [1.54, 1.807) is 60.7 Å². The highest BCUT2D eigenvalue weighted by Crippen LogP contribution is 2.31. The molecule has 8 heteroatoms. The molecule has 0 aromatic heterocycles. The van der Waals surface area contributed by atoms with E-state index < -0.39 is 17.0 Å². The van der Waals surface area contributed by atoms with Crippen molar-refractivity contribution in [3.8, 4) is 0 Å². The summed E-state index contributed by atoms with van der Waals surface area (Å²) in [5, 5.41) is 11.7. The van der Waals surface area contributed by atoms with E-state index in [1.165, 1.54) is 18.2 Å². The summed E-state index contributed by atoms with van der Waals surface area (Å²) in [4.78, 5) is 39.2. The van der Waals surface area contributed by atoms with Gasteiger partial charge in [0.2, 0.25) is 5.78 Å². The molecule has 33 heavy (non-hydrogen) atoms. The van der Waals surface area contributed by atoms with E-state index in [9.17, 15) is 19.7 Å². The van der Waals surface area contributed by atoms with Crippen molar-refractivity contribution in [3.05, 3.63) is 106 Å². The van der Waals surface area contributed by atoms with Gasteiger partial charge in [0.25, 0.3) is 5.69 Å². The number of ether oxygens (including phenoxy) is 2. The number of carbonyl (C=O) groups excluding carboxylic acids is 2. The molecule has 0 bridgehead atoms. The van der Waals surface area contributed by atoms with Crippen LogP contribution in [0, 0.1) is 10.1 Å². The minimum atomic E-state index is -1.18. The molecule has 1 fully saturated rings. The zero-order valence-corrected chi connectivity index (χ0v) is 17.8. The first kappa shape index (κ1) is 22.2. The molecular weight excluding hydrogens is 424 g/mol. The number of anilines is 1. The third-order valence-electron chi connectivity index (χ3n) is 5.38. The highest BCUT2D eigenvalue weighted by Gasteiger charge is 2.29. The Labute approximate surface area is 190 Å². The van der Waals surface area contributed by atoms with Crippen LogP contribution < -0.4 is 4.90 Å². The fourth-order valence-corrected chi connectivity index (χ4v) is 3.70. The van der Waals surface area contributed by atoms with Crippen molar-refractivity contribution >= 4 is 23.1 Å². The van der Waals surface area contributed by atoms with Gasteiger partial charge in [0.15, 0.2) is 6.10 Å². The normalized spacial score (nSPS) is 14.4. The Kier molecular flexibility index (Phi) is 6.75. The van der Waals surface area contributed by atoms with E-state index in [4.69, 9.17) is 9.47 Å². The van der Waals surface area contributed by atoms with Crippen LogP contribution in [0.5, 0.6) is 0 Å². The number of Topliss-reactive ketones (excluding diaryl/α,β-unsaturated/α-hetero) is 1. The van der Waals surface area contributed by atoms with E-state index in [-0.39, 0.29) is 17.0 Å². The standard InChI is InChI=1S/C25H22N2O6/c28-23(18-7-3-1-4-8-18)24(19-9-5-2-6-10-19)33-25(29)20-11-12-21(22(17-20)27(30)31)26-13-15-32-16-14-26/h1-12,17,24H,13-16H2. The fraction of sp³-hybridized carbons (Fsp3) is 0.200. The molecule has 1 saturated heterocycles. The molecule has 1 aliphatic rings. The molecule has 0 N–H and O–H groups in total. The molecule has 1 heterocycles. The number of nitro groups is 1. The number of morpholine rings is 1. The van der Waals surface area contributed by atoms with Crippen LogP contribution in [0.4, 0.5) is 11.4 Å². The number of carbonyl (C=O) groups is 2. The Morgan fingerprint density at radius 1 is 0.909 bits per heavy atom. The lowest BCUT2D eigenvalue weighted by Crippen LogP contribution is -2.36. The SMILES string of the molecule is O=C(OC(C(=O)c1ccccc1)c1ccccc1)c1ccc(N2CCOCC2)c([N+](=O)[O-])c1. The van der Waals surface area contributed by atoms with Crippen LogP contribution in [0.15, 0.2) is 78.9 Å². The number of hydrogen-bond donors (Lipinski definition) is 0. The molecule has 4 rings (SSSR count). The van der Waals surface area contributed by atoms with Crippen molar-refractivity contribution in [1.82, 2.24) is 0 Å². The summed E-state index contributed by atoms with van der Waals surface area (Å²) in [5.74, 6) is -1.20. The summed E-state index contributed by atoms with van der Waals surface area (Å²) >= 11 is 0. The second-order valence-electron chi connectivity index (χ2n) is 7.49. The van der Waals surface area contributed by atoms with Crippen LogP contribution in [0.2, 0.25) is 0 Å². The topological polar surface area (TPSA) is 99.0 Å². The van der Waals surface area contributed by atoms with Crippen molar-refractivity contribution < 1.29 is 24.0 Å². The average Bonchev–Trinajstić information content (AvgIpc) is 2.88. The number of benzene rings is 3. The Balaban J connectivity index is 1.63. The summed E-state index contributed by atoms with van der Waals surface area (Å²) in [6.07, 6.45) is -1.18. The number of nitro benzene ring substituents is 1. The fourth-order valence-electron chi connectivity index (χ4n) is 3.70. The summed E-state index contributed by atoms with van der Waals surface area (Å²) in [6, 6.07) is 21.4. The molecule has 1 atom stereocenters.